The summed E-state index contributed by atoms with van der Waals surface area (Å²) in [7, 11) is 0. The molecule has 0 unspecified atom stereocenters. The molecule has 10 heteroatoms. The van der Waals surface area contributed by atoms with E-state index in [1.54, 1.807) is 4.52 Å². The summed E-state index contributed by atoms with van der Waals surface area (Å²) in [5.41, 5.74) is -0.0292. The lowest BCUT2D eigenvalue weighted by Gasteiger charge is -2.03. The summed E-state index contributed by atoms with van der Waals surface area (Å²) in [6, 6.07) is 1.23. The fraction of sp³-hybridized carbons (Fsp3) is 0.308. The molecule has 0 saturated carbocycles. The molecule has 3 rings (SSSR count). The Hall–Kier alpha value is -2.75. The highest BCUT2D eigenvalue weighted by Crippen LogP contribution is 2.21. The summed E-state index contributed by atoms with van der Waals surface area (Å²) in [6.07, 6.45) is 1.42. The fourth-order valence-electron chi connectivity index (χ4n) is 2.02. The Bertz CT molecular complexity index is 995. The molecule has 0 aliphatic carbocycles. The Labute approximate surface area is 133 Å². The van der Waals surface area contributed by atoms with Crippen LogP contribution in [0, 0.1) is 13.8 Å². The molecule has 9 nitrogen and oxygen atoms in total. The Kier molecular flexibility index (Phi) is 3.82. The van der Waals surface area contributed by atoms with Crippen molar-refractivity contribution in [3.05, 3.63) is 43.7 Å². The van der Waals surface area contributed by atoms with Gasteiger partial charge in [-0.1, -0.05) is 11.3 Å². The van der Waals surface area contributed by atoms with Gasteiger partial charge in [0.25, 0.3) is 5.56 Å². The minimum atomic E-state index is -0.544. The number of aromatic nitrogens is 5. The SMILES string of the molecule is Cc1sc2nc(NC(=O)CCn3ccc(=O)[nH]c3=O)nn2c1C. The lowest BCUT2D eigenvalue weighted by molar-refractivity contribution is -0.116. The normalized spacial score (nSPS) is 11.0. The molecule has 120 valence electrons. The van der Waals surface area contributed by atoms with Crippen molar-refractivity contribution in [1.82, 2.24) is 24.1 Å². The summed E-state index contributed by atoms with van der Waals surface area (Å²) < 4.78 is 2.94. The number of carbonyl (C=O) groups excluding carboxylic acids is 1. The van der Waals surface area contributed by atoms with Gasteiger partial charge in [0.2, 0.25) is 16.8 Å². The monoisotopic (exact) mass is 334 g/mol. The van der Waals surface area contributed by atoms with Gasteiger partial charge in [-0.15, -0.1) is 5.10 Å². The van der Waals surface area contributed by atoms with Crippen molar-refractivity contribution < 1.29 is 4.79 Å². The highest BCUT2D eigenvalue weighted by atomic mass is 32.1. The molecule has 3 aromatic rings. The number of rotatable bonds is 4. The molecule has 0 aliphatic heterocycles. The second-order valence-corrected chi connectivity index (χ2v) is 6.16. The maximum atomic E-state index is 11.9. The second kappa shape index (κ2) is 5.80. The molecule has 0 atom stereocenters. The van der Waals surface area contributed by atoms with E-state index in [2.05, 4.69) is 20.4 Å². The molecule has 0 radical (unpaired) electrons. The molecule has 0 aromatic carbocycles. The van der Waals surface area contributed by atoms with E-state index in [1.165, 1.54) is 28.2 Å². The third-order valence-corrected chi connectivity index (χ3v) is 4.43. The zero-order chi connectivity index (χ0) is 16.6. The van der Waals surface area contributed by atoms with E-state index in [0.717, 1.165) is 10.6 Å². The standard InChI is InChI=1S/C13H14N6O3S/c1-7-8(2)23-13-16-11(17-19(7)13)14-9(20)3-5-18-6-4-10(21)15-12(18)22/h4,6H,3,5H2,1-2H3,(H,14,17,20)(H,15,21,22). The second-order valence-electron chi connectivity index (χ2n) is 4.98. The Morgan fingerprint density at radius 3 is 2.87 bits per heavy atom. The topological polar surface area (TPSA) is 114 Å². The predicted molar refractivity (Wildman–Crippen MR) is 84.9 cm³/mol. The van der Waals surface area contributed by atoms with Gasteiger partial charge < -0.3 is 4.57 Å². The summed E-state index contributed by atoms with van der Waals surface area (Å²) >= 11 is 1.50. The van der Waals surface area contributed by atoms with Gasteiger partial charge in [0.1, 0.15) is 0 Å². The summed E-state index contributed by atoms with van der Waals surface area (Å²) in [6.45, 7) is 4.07. The maximum Gasteiger partial charge on any atom is 0.328 e. The first kappa shape index (κ1) is 15.2. The van der Waals surface area contributed by atoms with E-state index in [0.29, 0.717) is 4.96 Å². The van der Waals surface area contributed by atoms with E-state index in [4.69, 9.17) is 0 Å². The molecule has 0 spiro atoms. The number of anilines is 1. The quantitative estimate of drug-likeness (QED) is 0.711. The number of hydrogen-bond donors (Lipinski definition) is 2. The fourth-order valence-corrected chi connectivity index (χ4v) is 2.93. The van der Waals surface area contributed by atoms with Crippen LogP contribution in [0.25, 0.3) is 4.96 Å². The highest BCUT2D eigenvalue weighted by molar-refractivity contribution is 7.17. The van der Waals surface area contributed by atoms with Crippen molar-refractivity contribution in [3.63, 3.8) is 0 Å². The Morgan fingerprint density at radius 2 is 2.17 bits per heavy atom. The van der Waals surface area contributed by atoms with Crippen molar-refractivity contribution in [3.8, 4) is 0 Å². The van der Waals surface area contributed by atoms with Gasteiger partial charge in [0.15, 0.2) is 0 Å². The van der Waals surface area contributed by atoms with Crippen LogP contribution in [0.15, 0.2) is 21.9 Å². The van der Waals surface area contributed by atoms with Crippen LogP contribution in [-0.2, 0) is 11.3 Å². The van der Waals surface area contributed by atoms with Crippen molar-refractivity contribution in [2.45, 2.75) is 26.8 Å². The minimum absolute atomic E-state index is 0.0663. The number of nitrogens with zero attached hydrogens (tertiary/aromatic N) is 4. The highest BCUT2D eigenvalue weighted by Gasteiger charge is 2.12. The molecule has 3 heterocycles. The molecular formula is C13H14N6O3S. The van der Waals surface area contributed by atoms with Crippen LogP contribution in [0.1, 0.15) is 17.0 Å². The number of amides is 1. The van der Waals surface area contributed by atoms with Gasteiger partial charge in [-0.3, -0.25) is 19.9 Å². The summed E-state index contributed by atoms with van der Waals surface area (Å²) in [4.78, 5) is 42.6. The first-order chi connectivity index (χ1) is 10.9. The predicted octanol–water partition coefficient (Wildman–Crippen LogP) is 0.286. The number of hydrogen-bond acceptors (Lipinski definition) is 6. The van der Waals surface area contributed by atoms with Crippen molar-refractivity contribution in [2.75, 3.05) is 5.32 Å². The minimum Gasteiger partial charge on any atom is -0.300 e. The van der Waals surface area contributed by atoms with Gasteiger partial charge >= 0.3 is 5.69 Å². The number of thiazole rings is 1. The average Bonchev–Trinajstić information content (AvgIpc) is 2.98. The van der Waals surface area contributed by atoms with Crippen molar-refractivity contribution >= 4 is 28.2 Å². The van der Waals surface area contributed by atoms with Crippen LogP contribution in [0.2, 0.25) is 0 Å². The summed E-state index contributed by atoms with van der Waals surface area (Å²) in [5.74, 6) is -0.0751. The first-order valence-electron chi connectivity index (χ1n) is 6.86. The van der Waals surface area contributed by atoms with Crippen LogP contribution in [-0.4, -0.2) is 30.1 Å². The average molecular weight is 334 g/mol. The lowest BCUT2D eigenvalue weighted by Crippen LogP contribution is -2.29. The van der Waals surface area contributed by atoms with Crippen LogP contribution in [0.4, 0.5) is 5.95 Å². The third-order valence-electron chi connectivity index (χ3n) is 3.38. The van der Waals surface area contributed by atoms with Crippen LogP contribution in [0.3, 0.4) is 0 Å². The molecule has 3 aromatic heterocycles. The van der Waals surface area contributed by atoms with Crippen molar-refractivity contribution in [2.24, 2.45) is 0 Å². The zero-order valence-electron chi connectivity index (χ0n) is 12.5. The first-order valence-corrected chi connectivity index (χ1v) is 7.68. The number of fused-ring (bicyclic) bond motifs is 1. The molecule has 0 saturated heterocycles. The number of aryl methyl sites for hydroxylation is 3. The van der Waals surface area contributed by atoms with Gasteiger partial charge in [-0.2, -0.15) is 4.98 Å². The number of H-pyrrole nitrogens is 1. The molecule has 0 aliphatic rings. The molecule has 23 heavy (non-hydrogen) atoms. The number of aromatic amines is 1. The molecule has 0 fully saturated rings. The van der Waals surface area contributed by atoms with E-state index in [-0.39, 0.29) is 24.8 Å². The van der Waals surface area contributed by atoms with E-state index in [1.807, 2.05) is 13.8 Å². The van der Waals surface area contributed by atoms with Gasteiger partial charge in [-0.25, -0.2) is 9.31 Å². The van der Waals surface area contributed by atoms with Gasteiger partial charge in [0.05, 0.1) is 5.69 Å². The molecule has 1 amide bonds. The molecular weight excluding hydrogens is 320 g/mol. The summed E-state index contributed by atoms with van der Waals surface area (Å²) in [5, 5.41) is 6.83. The van der Waals surface area contributed by atoms with Gasteiger partial charge in [0, 0.05) is 30.1 Å². The van der Waals surface area contributed by atoms with E-state index >= 15 is 0 Å². The van der Waals surface area contributed by atoms with Crippen molar-refractivity contribution in [1.29, 1.82) is 0 Å². The number of carbonyl (C=O) groups is 1. The zero-order valence-corrected chi connectivity index (χ0v) is 13.3. The third kappa shape index (κ3) is 3.06. The molecule has 0 bridgehead atoms. The van der Waals surface area contributed by atoms with Crippen LogP contribution in [0.5, 0.6) is 0 Å². The Morgan fingerprint density at radius 1 is 1.39 bits per heavy atom. The lowest BCUT2D eigenvalue weighted by atomic mass is 10.4. The van der Waals surface area contributed by atoms with Gasteiger partial charge in [-0.05, 0) is 13.8 Å². The van der Waals surface area contributed by atoms with Crippen LogP contribution >= 0.6 is 11.3 Å². The van der Waals surface area contributed by atoms with Crippen LogP contribution < -0.4 is 16.6 Å². The number of nitrogens with one attached hydrogen (secondary N) is 2. The largest absolute Gasteiger partial charge is 0.328 e. The van der Waals surface area contributed by atoms with E-state index in [9.17, 15) is 14.4 Å². The Balaban J connectivity index is 1.66. The molecule has 2 N–H and O–H groups in total. The smallest absolute Gasteiger partial charge is 0.300 e. The van der Waals surface area contributed by atoms with E-state index < -0.39 is 11.2 Å². The maximum absolute atomic E-state index is 11.9.